The van der Waals surface area contributed by atoms with Crippen molar-refractivity contribution >= 4 is 11.8 Å². The van der Waals surface area contributed by atoms with Crippen LogP contribution >= 0.6 is 11.8 Å². The lowest BCUT2D eigenvalue weighted by Crippen LogP contribution is -2.12. The molecule has 2 heteroatoms. The zero-order chi connectivity index (χ0) is 8.27. The van der Waals surface area contributed by atoms with Crippen molar-refractivity contribution in [3.8, 4) is 0 Å². The Hall–Kier alpha value is 0.310. The van der Waals surface area contributed by atoms with Gasteiger partial charge in [-0.05, 0) is 18.8 Å². The minimum absolute atomic E-state index is 0.493. The third-order valence-electron chi connectivity index (χ3n) is 2.19. The molecule has 0 aromatic carbocycles. The highest BCUT2D eigenvalue weighted by atomic mass is 32.2. The van der Waals surface area contributed by atoms with E-state index < -0.39 is 0 Å². The second-order valence-electron chi connectivity index (χ2n) is 3.53. The number of thioether (sulfide) groups is 1. The quantitative estimate of drug-likeness (QED) is 0.650. The van der Waals surface area contributed by atoms with Crippen LogP contribution in [0.25, 0.3) is 0 Å². The molecule has 1 saturated heterocycles. The van der Waals surface area contributed by atoms with Gasteiger partial charge in [-0.1, -0.05) is 20.8 Å². The fraction of sp³-hybridized carbons (Fsp3) is 1.00. The second-order valence-corrected chi connectivity index (χ2v) is 5.07. The fourth-order valence-corrected chi connectivity index (χ4v) is 2.32. The first kappa shape index (κ1) is 9.40. The van der Waals surface area contributed by atoms with Gasteiger partial charge in [-0.3, -0.25) is 0 Å². The summed E-state index contributed by atoms with van der Waals surface area (Å²) >= 11 is 1.99. The van der Waals surface area contributed by atoms with E-state index in [9.17, 15) is 0 Å². The Morgan fingerprint density at radius 1 is 1.36 bits per heavy atom. The molecule has 0 radical (unpaired) electrons. The Balaban J connectivity index is 2.18. The molecule has 2 atom stereocenters. The van der Waals surface area contributed by atoms with Gasteiger partial charge in [0.25, 0.3) is 0 Å². The number of hydrogen-bond acceptors (Lipinski definition) is 2. The van der Waals surface area contributed by atoms with E-state index in [-0.39, 0.29) is 0 Å². The highest BCUT2D eigenvalue weighted by Gasteiger charge is 2.20. The Kier molecular flexibility index (Phi) is 3.73. The SMILES string of the molecule is CC(C)C(C)SC1CCCO1. The minimum Gasteiger partial charge on any atom is -0.368 e. The topological polar surface area (TPSA) is 9.23 Å². The first-order valence-electron chi connectivity index (χ1n) is 4.47. The van der Waals surface area contributed by atoms with E-state index in [1.54, 1.807) is 0 Å². The Labute approximate surface area is 73.9 Å². The molecule has 1 heterocycles. The highest BCUT2D eigenvalue weighted by Crippen LogP contribution is 2.30. The largest absolute Gasteiger partial charge is 0.368 e. The molecule has 0 saturated carbocycles. The summed E-state index contributed by atoms with van der Waals surface area (Å²) in [7, 11) is 0. The molecule has 0 N–H and O–H groups in total. The van der Waals surface area contributed by atoms with Crippen LogP contribution in [-0.2, 0) is 4.74 Å². The van der Waals surface area contributed by atoms with Crippen LogP contribution in [0.15, 0.2) is 0 Å². The summed E-state index contributed by atoms with van der Waals surface area (Å²) in [6.07, 6.45) is 2.50. The third-order valence-corrected chi connectivity index (χ3v) is 3.84. The second kappa shape index (κ2) is 4.36. The molecule has 66 valence electrons. The molecule has 0 bridgehead atoms. The van der Waals surface area contributed by atoms with E-state index >= 15 is 0 Å². The molecule has 1 nitrogen and oxygen atoms in total. The summed E-state index contributed by atoms with van der Waals surface area (Å²) in [6.45, 7) is 7.80. The zero-order valence-corrected chi connectivity index (χ0v) is 8.49. The monoisotopic (exact) mass is 174 g/mol. The first-order valence-corrected chi connectivity index (χ1v) is 5.41. The molecule has 1 aliphatic rings. The van der Waals surface area contributed by atoms with Crippen LogP contribution in [-0.4, -0.2) is 17.3 Å². The van der Waals surface area contributed by atoms with Gasteiger partial charge in [-0.15, -0.1) is 11.8 Å². The van der Waals surface area contributed by atoms with E-state index in [0.29, 0.717) is 5.44 Å². The van der Waals surface area contributed by atoms with Crippen molar-refractivity contribution < 1.29 is 4.74 Å². The van der Waals surface area contributed by atoms with Gasteiger partial charge in [-0.2, -0.15) is 0 Å². The molecule has 0 aromatic heterocycles. The van der Waals surface area contributed by atoms with Gasteiger partial charge in [0.15, 0.2) is 0 Å². The van der Waals surface area contributed by atoms with Crippen LogP contribution in [0.2, 0.25) is 0 Å². The summed E-state index contributed by atoms with van der Waals surface area (Å²) in [5.74, 6) is 0.768. The maximum absolute atomic E-state index is 5.54. The molecule has 1 rings (SSSR count). The van der Waals surface area contributed by atoms with Gasteiger partial charge in [0.2, 0.25) is 0 Å². The van der Waals surface area contributed by atoms with Crippen molar-refractivity contribution in [2.45, 2.75) is 44.3 Å². The van der Waals surface area contributed by atoms with Crippen LogP contribution in [0.4, 0.5) is 0 Å². The predicted octanol–water partition coefficient (Wildman–Crippen LogP) is 2.90. The molecule has 0 amide bonds. The summed E-state index contributed by atoms with van der Waals surface area (Å²) < 4.78 is 5.54. The lowest BCUT2D eigenvalue weighted by atomic mass is 10.2. The molecule has 0 aromatic rings. The standard InChI is InChI=1S/C9H18OS/c1-7(2)8(3)11-9-5-4-6-10-9/h7-9H,4-6H2,1-3H3. The van der Waals surface area contributed by atoms with Gasteiger partial charge in [0.05, 0.1) is 0 Å². The Bertz CT molecular complexity index is 108. The smallest absolute Gasteiger partial charge is 0.103 e. The fourth-order valence-electron chi connectivity index (χ4n) is 1.05. The molecule has 2 unspecified atom stereocenters. The maximum Gasteiger partial charge on any atom is 0.103 e. The van der Waals surface area contributed by atoms with Crippen LogP contribution in [0.5, 0.6) is 0 Å². The molecule has 1 fully saturated rings. The summed E-state index contributed by atoms with van der Waals surface area (Å²) in [4.78, 5) is 0. The average molecular weight is 174 g/mol. The lowest BCUT2D eigenvalue weighted by Gasteiger charge is -2.18. The van der Waals surface area contributed by atoms with E-state index in [2.05, 4.69) is 20.8 Å². The molecule has 11 heavy (non-hydrogen) atoms. The van der Waals surface area contributed by atoms with Gasteiger partial charge < -0.3 is 4.74 Å². The number of hydrogen-bond donors (Lipinski definition) is 0. The predicted molar refractivity (Wildman–Crippen MR) is 50.9 cm³/mol. The van der Waals surface area contributed by atoms with Gasteiger partial charge in [0.1, 0.15) is 5.44 Å². The van der Waals surface area contributed by atoms with Crippen molar-refractivity contribution in [2.75, 3.05) is 6.61 Å². The minimum atomic E-state index is 0.493. The van der Waals surface area contributed by atoms with Crippen LogP contribution in [0.3, 0.4) is 0 Å². The first-order chi connectivity index (χ1) is 5.20. The van der Waals surface area contributed by atoms with E-state index in [1.165, 1.54) is 12.8 Å². The van der Waals surface area contributed by atoms with E-state index in [1.807, 2.05) is 11.8 Å². The lowest BCUT2D eigenvalue weighted by molar-refractivity contribution is 0.173. The highest BCUT2D eigenvalue weighted by molar-refractivity contribution is 8.00. The maximum atomic E-state index is 5.54. The van der Waals surface area contributed by atoms with Gasteiger partial charge >= 0.3 is 0 Å². The zero-order valence-electron chi connectivity index (χ0n) is 7.67. The van der Waals surface area contributed by atoms with E-state index in [0.717, 1.165) is 17.8 Å². The van der Waals surface area contributed by atoms with Crippen molar-refractivity contribution in [2.24, 2.45) is 5.92 Å². The van der Waals surface area contributed by atoms with Crippen LogP contribution < -0.4 is 0 Å². The Morgan fingerprint density at radius 2 is 2.09 bits per heavy atom. The van der Waals surface area contributed by atoms with E-state index in [4.69, 9.17) is 4.74 Å². The molecule has 0 aliphatic carbocycles. The van der Waals surface area contributed by atoms with Crippen molar-refractivity contribution in [3.05, 3.63) is 0 Å². The van der Waals surface area contributed by atoms with Crippen LogP contribution in [0, 0.1) is 5.92 Å². The average Bonchev–Trinajstić information content (AvgIpc) is 2.39. The number of rotatable bonds is 3. The van der Waals surface area contributed by atoms with Gasteiger partial charge in [0, 0.05) is 11.9 Å². The normalized spacial score (nSPS) is 27.8. The van der Waals surface area contributed by atoms with Crippen LogP contribution in [0.1, 0.15) is 33.6 Å². The molecular weight excluding hydrogens is 156 g/mol. The van der Waals surface area contributed by atoms with Crippen molar-refractivity contribution in [3.63, 3.8) is 0 Å². The third kappa shape index (κ3) is 3.04. The molecule has 1 aliphatic heterocycles. The van der Waals surface area contributed by atoms with Crippen molar-refractivity contribution in [1.29, 1.82) is 0 Å². The summed E-state index contributed by atoms with van der Waals surface area (Å²) in [6, 6.07) is 0. The summed E-state index contributed by atoms with van der Waals surface area (Å²) in [5, 5.41) is 0.734. The summed E-state index contributed by atoms with van der Waals surface area (Å²) in [5.41, 5.74) is 0.493. The van der Waals surface area contributed by atoms with Gasteiger partial charge in [-0.25, -0.2) is 0 Å². The van der Waals surface area contributed by atoms with Crippen molar-refractivity contribution in [1.82, 2.24) is 0 Å². The Morgan fingerprint density at radius 3 is 2.55 bits per heavy atom. The molecular formula is C9H18OS. The molecule has 0 spiro atoms. The number of ether oxygens (including phenoxy) is 1.